The number of carbonyl (C=O) groups excluding carboxylic acids is 1. The third-order valence-electron chi connectivity index (χ3n) is 10.0. The fourth-order valence-electron chi connectivity index (χ4n) is 6.59. The fourth-order valence-corrected chi connectivity index (χ4v) is 6.59. The van der Waals surface area contributed by atoms with Gasteiger partial charge in [-0.3, -0.25) is 0 Å². The maximum absolute atomic E-state index is 12.6. The molecule has 0 spiro atoms. The van der Waals surface area contributed by atoms with E-state index in [9.17, 15) is 30.3 Å². The van der Waals surface area contributed by atoms with E-state index >= 15 is 0 Å². The molecule has 8 N–H and O–H groups in total. The monoisotopic (exact) mass is 684 g/mol. The maximum Gasteiger partial charge on any atom is 0.315 e. The third kappa shape index (κ3) is 23.2. The third-order valence-corrected chi connectivity index (χ3v) is 10.0. The molecule has 48 heavy (non-hydrogen) atoms. The summed E-state index contributed by atoms with van der Waals surface area (Å²) in [5.41, 5.74) is 0. The van der Waals surface area contributed by atoms with Gasteiger partial charge in [-0.2, -0.15) is 0 Å². The van der Waals surface area contributed by atoms with Crippen LogP contribution in [-0.2, 0) is 0 Å². The van der Waals surface area contributed by atoms with Gasteiger partial charge in [0, 0.05) is 25.6 Å². The first kappa shape index (κ1) is 44.8. The normalized spacial score (nSPS) is 21.5. The predicted molar refractivity (Wildman–Crippen MR) is 198 cm³/mol. The molecule has 0 bridgehead atoms. The fraction of sp³-hybridized carbons (Fsp3) is 0.923. The van der Waals surface area contributed by atoms with Gasteiger partial charge in [0.1, 0.15) is 12.2 Å². The van der Waals surface area contributed by atoms with Gasteiger partial charge < -0.3 is 41.5 Å². The SMILES string of the molecule is CCCCCCCCCCCCCCCCCCCCCCCCNC(=O)NC(CNC1CC=CC(O)C(O)C1O)C(O)CC(O)CC. The second-order valence-electron chi connectivity index (χ2n) is 14.4. The molecule has 0 saturated heterocycles. The van der Waals surface area contributed by atoms with Crippen LogP contribution in [0, 0.1) is 0 Å². The Hall–Kier alpha value is -1.23. The molecule has 1 aliphatic carbocycles. The number of urea groups is 1. The zero-order chi connectivity index (χ0) is 35.2. The van der Waals surface area contributed by atoms with Gasteiger partial charge in [-0.1, -0.05) is 161 Å². The molecule has 0 radical (unpaired) electrons. The zero-order valence-corrected chi connectivity index (χ0v) is 30.9. The minimum absolute atomic E-state index is 0.108. The summed E-state index contributed by atoms with van der Waals surface area (Å²) in [7, 11) is 0. The number of aliphatic hydroxyl groups is 5. The Morgan fingerprint density at radius 1 is 0.688 bits per heavy atom. The first-order valence-electron chi connectivity index (χ1n) is 20.1. The van der Waals surface area contributed by atoms with Crippen LogP contribution in [-0.4, -0.2) is 87.3 Å². The van der Waals surface area contributed by atoms with E-state index in [4.69, 9.17) is 0 Å². The summed E-state index contributed by atoms with van der Waals surface area (Å²) in [5, 5.41) is 60.0. The number of unbranched alkanes of at least 4 members (excludes halogenated alkanes) is 21. The van der Waals surface area contributed by atoms with Crippen LogP contribution in [0.3, 0.4) is 0 Å². The second kappa shape index (κ2) is 30.6. The van der Waals surface area contributed by atoms with Gasteiger partial charge in [-0.05, 0) is 19.3 Å². The molecule has 0 fully saturated rings. The van der Waals surface area contributed by atoms with Crippen LogP contribution in [0.5, 0.6) is 0 Å². The number of aliphatic hydroxyl groups excluding tert-OH is 5. The average molecular weight is 684 g/mol. The van der Waals surface area contributed by atoms with Crippen molar-refractivity contribution in [2.45, 2.75) is 217 Å². The highest BCUT2D eigenvalue weighted by molar-refractivity contribution is 5.74. The lowest BCUT2D eigenvalue weighted by Crippen LogP contribution is -2.56. The number of nitrogens with one attached hydrogen (secondary N) is 3. The van der Waals surface area contributed by atoms with Crippen molar-refractivity contribution in [1.82, 2.24) is 16.0 Å². The van der Waals surface area contributed by atoms with E-state index in [1.54, 1.807) is 6.08 Å². The largest absolute Gasteiger partial charge is 0.393 e. The molecule has 0 heterocycles. The minimum atomic E-state index is -1.33. The maximum atomic E-state index is 12.6. The van der Waals surface area contributed by atoms with Gasteiger partial charge >= 0.3 is 6.03 Å². The van der Waals surface area contributed by atoms with E-state index in [0.29, 0.717) is 19.4 Å². The van der Waals surface area contributed by atoms with Crippen molar-refractivity contribution in [3.05, 3.63) is 12.2 Å². The predicted octanol–water partition coefficient (Wildman–Crippen LogP) is 6.78. The molecule has 1 rings (SSSR count). The summed E-state index contributed by atoms with van der Waals surface area (Å²) in [6.07, 6.45) is 28.2. The van der Waals surface area contributed by atoms with Gasteiger partial charge in [0.05, 0.1) is 24.4 Å². The van der Waals surface area contributed by atoms with Gasteiger partial charge in [0.25, 0.3) is 0 Å². The number of carbonyl (C=O) groups is 1. The standard InChI is InChI=1S/C39H77N3O6/c1-3-5-6-7-8-9-10-11-12-13-14-15-16-17-18-19-20-21-22-23-24-25-29-40-39(48)42-34(36(45)30-32(43)4-2)31-41-33-27-26-28-35(44)38(47)37(33)46/h26,28,32-38,41,43-47H,3-25,27,29-31H2,1-2H3,(H2,40,42,48). The van der Waals surface area contributed by atoms with Gasteiger partial charge in [0.15, 0.2) is 0 Å². The summed E-state index contributed by atoms with van der Waals surface area (Å²) < 4.78 is 0. The molecule has 9 heteroatoms. The van der Waals surface area contributed by atoms with Crippen LogP contribution < -0.4 is 16.0 Å². The van der Waals surface area contributed by atoms with Gasteiger partial charge in [0.2, 0.25) is 0 Å². The van der Waals surface area contributed by atoms with Crippen LogP contribution in [0.15, 0.2) is 12.2 Å². The highest BCUT2D eigenvalue weighted by atomic mass is 16.4. The van der Waals surface area contributed by atoms with Crippen LogP contribution in [0.25, 0.3) is 0 Å². The molecule has 7 atom stereocenters. The van der Waals surface area contributed by atoms with E-state index in [2.05, 4.69) is 22.9 Å². The lowest BCUT2D eigenvalue weighted by Gasteiger charge is -2.31. The topological polar surface area (TPSA) is 154 Å². The van der Waals surface area contributed by atoms with Crippen molar-refractivity contribution in [3.63, 3.8) is 0 Å². The summed E-state index contributed by atoms with van der Waals surface area (Å²) in [4.78, 5) is 12.6. The smallest absolute Gasteiger partial charge is 0.315 e. The molecule has 1 aliphatic rings. The Labute approximate surface area is 294 Å². The summed E-state index contributed by atoms with van der Waals surface area (Å²) in [5.74, 6) is 0. The first-order valence-corrected chi connectivity index (χ1v) is 20.1. The summed E-state index contributed by atoms with van der Waals surface area (Å²) >= 11 is 0. The minimum Gasteiger partial charge on any atom is -0.393 e. The van der Waals surface area contributed by atoms with E-state index in [0.717, 1.165) is 12.8 Å². The average Bonchev–Trinajstić information content (AvgIpc) is 3.19. The Kier molecular flexibility index (Phi) is 28.5. The van der Waals surface area contributed by atoms with Gasteiger partial charge in [-0.25, -0.2) is 4.79 Å². The second-order valence-corrected chi connectivity index (χ2v) is 14.4. The number of rotatable bonds is 31. The molecule has 0 saturated carbocycles. The molecule has 0 aromatic carbocycles. The Morgan fingerprint density at radius 3 is 1.60 bits per heavy atom. The van der Waals surface area contributed by atoms with Crippen LogP contribution in [0.1, 0.15) is 174 Å². The molecular weight excluding hydrogens is 606 g/mol. The van der Waals surface area contributed by atoms with Crippen molar-refractivity contribution < 1.29 is 30.3 Å². The molecule has 0 aromatic heterocycles. The van der Waals surface area contributed by atoms with Gasteiger partial charge in [-0.15, -0.1) is 0 Å². The van der Waals surface area contributed by atoms with Crippen molar-refractivity contribution >= 4 is 6.03 Å². The Morgan fingerprint density at radius 2 is 1.15 bits per heavy atom. The lowest BCUT2D eigenvalue weighted by molar-refractivity contribution is -0.0532. The molecule has 2 amide bonds. The number of hydrogen-bond acceptors (Lipinski definition) is 7. The molecular formula is C39H77N3O6. The van der Waals surface area contributed by atoms with Crippen molar-refractivity contribution in [2.75, 3.05) is 13.1 Å². The van der Waals surface area contributed by atoms with E-state index in [1.165, 1.54) is 134 Å². The highest BCUT2D eigenvalue weighted by Crippen LogP contribution is 2.17. The Bertz CT molecular complexity index is 772. The molecule has 9 nitrogen and oxygen atoms in total. The first-order chi connectivity index (χ1) is 23.3. The quantitative estimate of drug-likeness (QED) is 0.0296. The lowest BCUT2D eigenvalue weighted by atomic mass is 10.00. The van der Waals surface area contributed by atoms with Crippen molar-refractivity contribution in [1.29, 1.82) is 0 Å². The zero-order valence-electron chi connectivity index (χ0n) is 30.9. The highest BCUT2D eigenvalue weighted by Gasteiger charge is 2.33. The van der Waals surface area contributed by atoms with E-state index in [1.807, 2.05) is 6.92 Å². The number of amides is 2. The Balaban J connectivity index is 2.06. The van der Waals surface area contributed by atoms with Crippen molar-refractivity contribution in [2.24, 2.45) is 0 Å². The summed E-state index contributed by atoms with van der Waals surface area (Å²) in [6.45, 7) is 4.79. The van der Waals surface area contributed by atoms with Crippen LogP contribution in [0.4, 0.5) is 4.79 Å². The molecule has 284 valence electrons. The molecule has 0 aliphatic heterocycles. The van der Waals surface area contributed by atoms with Crippen LogP contribution in [0.2, 0.25) is 0 Å². The van der Waals surface area contributed by atoms with E-state index in [-0.39, 0.29) is 19.0 Å². The molecule has 0 aromatic rings. The number of hydrogen-bond donors (Lipinski definition) is 8. The van der Waals surface area contributed by atoms with Crippen LogP contribution >= 0.6 is 0 Å². The molecule has 7 unspecified atom stereocenters. The van der Waals surface area contributed by atoms with Crippen molar-refractivity contribution in [3.8, 4) is 0 Å². The summed E-state index contributed by atoms with van der Waals surface area (Å²) in [6, 6.07) is -1.66. The van der Waals surface area contributed by atoms with E-state index < -0.39 is 42.6 Å².